The molecule has 5 nitrogen and oxygen atoms in total. The van der Waals surface area contributed by atoms with Gasteiger partial charge in [-0.2, -0.15) is 0 Å². The standard InChI is InChI=1S/C17H25ClN2O3.ClH/c1-12(2)10-23-15-4-3-13(9-14(15)18)20-16(21)17(11-19)5-7-22-8-6-17;/h3-4,9,12H,5-8,10-11,19H2,1-2H3,(H,20,21);1H. The number of ether oxygens (including phenoxy) is 2. The lowest BCUT2D eigenvalue weighted by Gasteiger charge is -2.34. The van der Waals surface area contributed by atoms with E-state index in [1.807, 2.05) is 0 Å². The van der Waals surface area contributed by atoms with Gasteiger partial charge in [0, 0.05) is 25.4 Å². The molecule has 0 bridgehead atoms. The van der Waals surface area contributed by atoms with E-state index in [0.717, 1.165) is 0 Å². The minimum atomic E-state index is -0.558. The Kier molecular flexibility index (Phi) is 8.30. The largest absolute Gasteiger partial charge is 0.492 e. The van der Waals surface area contributed by atoms with Crippen molar-refractivity contribution in [3.8, 4) is 5.75 Å². The van der Waals surface area contributed by atoms with Crippen molar-refractivity contribution >= 4 is 35.6 Å². The summed E-state index contributed by atoms with van der Waals surface area (Å²) in [6.07, 6.45) is 1.28. The zero-order valence-electron chi connectivity index (χ0n) is 14.1. The maximum Gasteiger partial charge on any atom is 0.232 e. The summed E-state index contributed by atoms with van der Waals surface area (Å²) in [5.74, 6) is 0.969. The fourth-order valence-corrected chi connectivity index (χ4v) is 2.74. The van der Waals surface area contributed by atoms with E-state index in [2.05, 4.69) is 19.2 Å². The monoisotopic (exact) mass is 376 g/mol. The molecule has 0 unspecified atom stereocenters. The summed E-state index contributed by atoms with van der Waals surface area (Å²) in [5.41, 5.74) is 5.94. The third-order valence-corrected chi connectivity index (χ3v) is 4.38. The molecule has 24 heavy (non-hydrogen) atoms. The number of nitrogens with one attached hydrogen (secondary N) is 1. The van der Waals surface area contributed by atoms with Crippen molar-refractivity contribution in [3.63, 3.8) is 0 Å². The molecule has 7 heteroatoms. The molecular formula is C17H26Cl2N2O3. The Morgan fingerprint density at radius 2 is 2.08 bits per heavy atom. The Balaban J connectivity index is 0.00000288. The summed E-state index contributed by atoms with van der Waals surface area (Å²) in [4.78, 5) is 12.6. The number of hydrogen-bond acceptors (Lipinski definition) is 4. The van der Waals surface area contributed by atoms with E-state index in [1.165, 1.54) is 0 Å². The van der Waals surface area contributed by atoms with Crippen LogP contribution in [0.4, 0.5) is 5.69 Å². The molecule has 1 heterocycles. The van der Waals surface area contributed by atoms with Crippen molar-refractivity contribution in [2.75, 3.05) is 31.7 Å². The molecule has 0 spiro atoms. The first-order valence-corrected chi connectivity index (χ1v) is 8.36. The molecule has 1 aromatic carbocycles. The van der Waals surface area contributed by atoms with E-state index in [-0.39, 0.29) is 18.3 Å². The molecule has 1 aliphatic heterocycles. The molecule has 0 saturated carbocycles. The van der Waals surface area contributed by atoms with Crippen molar-refractivity contribution in [2.24, 2.45) is 17.1 Å². The molecule has 0 radical (unpaired) electrons. The molecule has 0 aromatic heterocycles. The predicted molar refractivity (Wildman–Crippen MR) is 99.2 cm³/mol. The fraction of sp³-hybridized carbons (Fsp3) is 0.588. The highest BCUT2D eigenvalue weighted by Gasteiger charge is 2.38. The second-order valence-electron chi connectivity index (χ2n) is 6.40. The third-order valence-electron chi connectivity index (χ3n) is 4.08. The fourth-order valence-electron chi connectivity index (χ4n) is 2.50. The summed E-state index contributed by atoms with van der Waals surface area (Å²) in [6.45, 7) is 6.18. The Labute approximate surface area is 154 Å². The Bertz CT molecular complexity index is 547. The van der Waals surface area contributed by atoms with Crippen LogP contribution in [0, 0.1) is 11.3 Å². The van der Waals surface area contributed by atoms with Gasteiger partial charge in [-0.3, -0.25) is 4.79 Å². The highest BCUT2D eigenvalue weighted by atomic mass is 35.5. The predicted octanol–water partition coefficient (Wildman–Crippen LogP) is 3.49. The first-order chi connectivity index (χ1) is 11.0. The van der Waals surface area contributed by atoms with E-state index in [9.17, 15) is 4.79 Å². The topological polar surface area (TPSA) is 73.6 Å². The van der Waals surface area contributed by atoms with Gasteiger partial charge in [0.05, 0.1) is 17.0 Å². The first-order valence-electron chi connectivity index (χ1n) is 7.98. The quantitative estimate of drug-likeness (QED) is 0.796. The lowest BCUT2D eigenvalue weighted by Crippen LogP contribution is -2.46. The number of carbonyl (C=O) groups is 1. The lowest BCUT2D eigenvalue weighted by molar-refractivity contribution is -0.130. The molecule has 1 fully saturated rings. The average Bonchev–Trinajstić information content (AvgIpc) is 2.54. The van der Waals surface area contributed by atoms with Crippen LogP contribution in [-0.2, 0) is 9.53 Å². The van der Waals surface area contributed by atoms with E-state index in [4.69, 9.17) is 26.8 Å². The van der Waals surface area contributed by atoms with Crippen molar-refractivity contribution in [3.05, 3.63) is 23.2 Å². The van der Waals surface area contributed by atoms with Gasteiger partial charge in [0.25, 0.3) is 0 Å². The number of benzene rings is 1. The summed E-state index contributed by atoms with van der Waals surface area (Å²) < 4.78 is 11.0. The van der Waals surface area contributed by atoms with Crippen LogP contribution >= 0.6 is 24.0 Å². The number of amides is 1. The van der Waals surface area contributed by atoms with Crippen LogP contribution in [0.2, 0.25) is 5.02 Å². The van der Waals surface area contributed by atoms with Crippen LogP contribution < -0.4 is 15.8 Å². The lowest BCUT2D eigenvalue weighted by atomic mass is 9.79. The molecule has 0 aliphatic carbocycles. The van der Waals surface area contributed by atoms with Gasteiger partial charge in [-0.25, -0.2) is 0 Å². The summed E-state index contributed by atoms with van der Waals surface area (Å²) >= 11 is 6.23. The van der Waals surface area contributed by atoms with Gasteiger partial charge >= 0.3 is 0 Å². The number of nitrogens with two attached hydrogens (primary N) is 1. The van der Waals surface area contributed by atoms with Crippen molar-refractivity contribution in [1.29, 1.82) is 0 Å². The molecule has 1 aliphatic rings. The van der Waals surface area contributed by atoms with Crippen LogP contribution in [0.5, 0.6) is 5.75 Å². The summed E-state index contributed by atoms with van der Waals surface area (Å²) in [7, 11) is 0. The zero-order chi connectivity index (χ0) is 16.9. The van der Waals surface area contributed by atoms with E-state index < -0.39 is 5.41 Å². The van der Waals surface area contributed by atoms with Crippen LogP contribution in [0.3, 0.4) is 0 Å². The molecule has 2 rings (SSSR count). The second kappa shape index (κ2) is 9.47. The van der Waals surface area contributed by atoms with Crippen LogP contribution in [0.15, 0.2) is 18.2 Å². The van der Waals surface area contributed by atoms with Gasteiger partial charge in [0.1, 0.15) is 5.75 Å². The van der Waals surface area contributed by atoms with Crippen LogP contribution in [0.25, 0.3) is 0 Å². The van der Waals surface area contributed by atoms with Gasteiger partial charge in [-0.15, -0.1) is 12.4 Å². The van der Waals surface area contributed by atoms with Crippen LogP contribution in [0.1, 0.15) is 26.7 Å². The number of anilines is 1. The van der Waals surface area contributed by atoms with Crippen LogP contribution in [-0.4, -0.2) is 32.3 Å². The number of rotatable bonds is 6. The molecular weight excluding hydrogens is 351 g/mol. The van der Waals surface area contributed by atoms with Gasteiger partial charge < -0.3 is 20.5 Å². The van der Waals surface area contributed by atoms with Gasteiger partial charge in [0.15, 0.2) is 0 Å². The number of halogens is 2. The zero-order valence-corrected chi connectivity index (χ0v) is 15.7. The molecule has 1 aromatic rings. The Morgan fingerprint density at radius 1 is 1.42 bits per heavy atom. The van der Waals surface area contributed by atoms with Gasteiger partial charge in [-0.1, -0.05) is 25.4 Å². The molecule has 1 saturated heterocycles. The highest BCUT2D eigenvalue weighted by Crippen LogP contribution is 2.33. The third kappa shape index (κ3) is 5.24. The van der Waals surface area contributed by atoms with Gasteiger partial charge in [0.2, 0.25) is 5.91 Å². The summed E-state index contributed by atoms with van der Waals surface area (Å²) in [6, 6.07) is 5.28. The normalized spacial score (nSPS) is 16.4. The Morgan fingerprint density at radius 3 is 2.62 bits per heavy atom. The molecule has 3 N–H and O–H groups in total. The van der Waals surface area contributed by atoms with E-state index >= 15 is 0 Å². The van der Waals surface area contributed by atoms with E-state index in [1.54, 1.807) is 18.2 Å². The summed E-state index contributed by atoms with van der Waals surface area (Å²) in [5, 5.41) is 3.41. The van der Waals surface area contributed by atoms with Crippen molar-refractivity contribution in [2.45, 2.75) is 26.7 Å². The van der Waals surface area contributed by atoms with Crippen molar-refractivity contribution in [1.82, 2.24) is 0 Å². The SMILES string of the molecule is CC(C)COc1ccc(NC(=O)C2(CN)CCOCC2)cc1Cl.Cl. The smallest absolute Gasteiger partial charge is 0.232 e. The number of carbonyl (C=O) groups excluding carboxylic acids is 1. The minimum Gasteiger partial charge on any atom is -0.492 e. The maximum absolute atomic E-state index is 12.6. The minimum absolute atomic E-state index is 0. The number of hydrogen-bond donors (Lipinski definition) is 2. The van der Waals surface area contributed by atoms with E-state index in [0.29, 0.717) is 61.6 Å². The van der Waals surface area contributed by atoms with Gasteiger partial charge in [-0.05, 0) is 37.0 Å². The first kappa shape index (κ1) is 21.0. The molecule has 1 amide bonds. The van der Waals surface area contributed by atoms with Crippen molar-refractivity contribution < 1.29 is 14.3 Å². The second-order valence-corrected chi connectivity index (χ2v) is 6.81. The Hall–Kier alpha value is -1.01. The molecule has 136 valence electrons. The average molecular weight is 377 g/mol. The maximum atomic E-state index is 12.6. The molecule has 0 atom stereocenters. The highest BCUT2D eigenvalue weighted by molar-refractivity contribution is 6.32.